The van der Waals surface area contributed by atoms with Crippen LogP contribution in [-0.2, 0) is 11.3 Å². The molecule has 3 heterocycles. The number of fused-ring (bicyclic) bond motifs is 3. The molecule has 1 atom stereocenters. The number of amides is 1. The van der Waals surface area contributed by atoms with Gasteiger partial charge in [0.25, 0.3) is 5.56 Å². The SMILES string of the molecule is C[C@H](Cn1c(SCC(=O)NC2CCCC2)nc2c(sc3ncccc32)c1=O)c1ccccc1. The zero-order chi connectivity index (χ0) is 22.8. The minimum absolute atomic E-state index is 0.000692. The van der Waals surface area contributed by atoms with Gasteiger partial charge < -0.3 is 5.32 Å². The van der Waals surface area contributed by atoms with Crippen LogP contribution in [0.4, 0.5) is 0 Å². The van der Waals surface area contributed by atoms with Crippen LogP contribution in [0.3, 0.4) is 0 Å². The molecular formula is C25H26N4O2S2. The van der Waals surface area contributed by atoms with E-state index in [2.05, 4.69) is 29.4 Å². The van der Waals surface area contributed by atoms with Crippen LogP contribution in [0.25, 0.3) is 20.4 Å². The minimum atomic E-state index is -0.0653. The van der Waals surface area contributed by atoms with Gasteiger partial charge in [0, 0.05) is 24.2 Å². The van der Waals surface area contributed by atoms with E-state index in [1.807, 2.05) is 30.3 Å². The fourth-order valence-corrected chi connectivity index (χ4v) is 6.29. The van der Waals surface area contributed by atoms with E-state index in [0.717, 1.165) is 28.6 Å². The molecule has 0 saturated heterocycles. The van der Waals surface area contributed by atoms with Crippen LogP contribution in [0, 0.1) is 0 Å². The predicted octanol–water partition coefficient (Wildman–Crippen LogP) is 4.96. The van der Waals surface area contributed by atoms with Gasteiger partial charge in [-0.25, -0.2) is 9.97 Å². The van der Waals surface area contributed by atoms with E-state index >= 15 is 0 Å². The van der Waals surface area contributed by atoms with Gasteiger partial charge in [0.1, 0.15) is 9.53 Å². The van der Waals surface area contributed by atoms with Crippen LogP contribution in [-0.4, -0.2) is 32.2 Å². The van der Waals surface area contributed by atoms with Gasteiger partial charge in [-0.05, 0) is 36.5 Å². The van der Waals surface area contributed by atoms with Gasteiger partial charge in [0.15, 0.2) is 5.16 Å². The van der Waals surface area contributed by atoms with Crippen LogP contribution >= 0.6 is 23.1 Å². The average molecular weight is 479 g/mol. The number of hydrogen-bond acceptors (Lipinski definition) is 6. The van der Waals surface area contributed by atoms with Crippen molar-refractivity contribution in [2.75, 3.05) is 5.75 Å². The summed E-state index contributed by atoms with van der Waals surface area (Å²) in [4.78, 5) is 36.3. The molecule has 1 aromatic carbocycles. The molecule has 33 heavy (non-hydrogen) atoms. The quantitative estimate of drug-likeness (QED) is 0.300. The summed E-state index contributed by atoms with van der Waals surface area (Å²) in [5.74, 6) is 0.372. The predicted molar refractivity (Wildman–Crippen MR) is 135 cm³/mol. The summed E-state index contributed by atoms with van der Waals surface area (Å²) in [6, 6.07) is 14.3. The van der Waals surface area contributed by atoms with Crippen LogP contribution in [0.2, 0.25) is 0 Å². The number of aromatic nitrogens is 3. The second-order valence-electron chi connectivity index (χ2n) is 8.60. The van der Waals surface area contributed by atoms with Crippen LogP contribution in [0.15, 0.2) is 58.6 Å². The van der Waals surface area contributed by atoms with Crippen LogP contribution in [0.5, 0.6) is 0 Å². The first kappa shape index (κ1) is 22.1. The lowest BCUT2D eigenvalue weighted by Crippen LogP contribution is -2.34. The van der Waals surface area contributed by atoms with E-state index in [9.17, 15) is 9.59 Å². The van der Waals surface area contributed by atoms with Crippen molar-refractivity contribution in [3.63, 3.8) is 0 Å². The Labute approximate surface area is 200 Å². The molecular weight excluding hydrogens is 452 g/mol. The first-order valence-electron chi connectivity index (χ1n) is 11.4. The molecule has 1 N–H and O–H groups in total. The number of benzene rings is 1. The highest BCUT2D eigenvalue weighted by Crippen LogP contribution is 2.31. The second-order valence-corrected chi connectivity index (χ2v) is 10.5. The zero-order valence-corrected chi connectivity index (χ0v) is 20.1. The Hall–Kier alpha value is -2.71. The Morgan fingerprint density at radius 3 is 2.79 bits per heavy atom. The monoisotopic (exact) mass is 478 g/mol. The van der Waals surface area contributed by atoms with Crippen molar-refractivity contribution in [2.24, 2.45) is 0 Å². The van der Waals surface area contributed by atoms with Crippen molar-refractivity contribution in [3.8, 4) is 0 Å². The van der Waals surface area contributed by atoms with E-state index in [1.165, 1.54) is 35.9 Å². The van der Waals surface area contributed by atoms with Crippen molar-refractivity contribution in [2.45, 2.75) is 56.3 Å². The summed E-state index contributed by atoms with van der Waals surface area (Å²) in [5.41, 5.74) is 1.78. The molecule has 1 aliphatic carbocycles. The summed E-state index contributed by atoms with van der Waals surface area (Å²) >= 11 is 2.72. The lowest BCUT2D eigenvalue weighted by atomic mass is 10.0. The number of carbonyl (C=O) groups is 1. The number of carbonyl (C=O) groups excluding carboxylic acids is 1. The molecule has 1 aliphatic rings. The highest BCUT2D eigenvalue weighted by atomic mass is 32.2. The summed E-state index contributed by atoms with van der Waals surface area (Å²) < 4.78 is 2.35. The maximum Gasteiger partial charge on any atom is 0.272 e. The maximum absolute atomic E-state index is 13.6. The first-order valence-corrected chi connectivity index (χ1v) is 13.2. The Morgan fingerprint density at radius 1 is 1.21 bits per heavy atom. The lowest BCUT2D eigenvalue weighted by Gasteiger charge is -2.17. The van der Waals surface area contributed by atoms with E-state index < -0.39 is 0 Å². The maximum atomic E-state index is 13.6. The summed E-state index contributed by atoms with van der Waals surface area (Å²) in [7, 11) is 0. The molecule has 6 nitrogen and oxygen atoms in total. The van der Waals surface area contributed by atoms with Crippen LogP contribution < -0.4 is 10.9 Å². The minimum Gasteiger partial charge on any atom is -0.353 e. The molecule has 4 aromatic rings. The van der Waals surface area contributed by atoms with E-state index in [0.29, 0.717) is 21.9 Å². The molecule has 1 saturated carbocycles. The van der Waals surface area contributed by atoms with E-state index in [1.54, 1.807) is 10.8 Å². The Kier molecular flexibility index (Phi) is 6.46. The highest BCUT2D eigenvalue weighted by molar-refractivity contribution is 7.99. The van der Waals surface area contributed by atoms with Crippen molar-refractivity contribution < 1.29 is 4.79 Å². The Bertz CT molecular complexity index is 1340. The molecule has 5 rings (SSSR count). The van der Waals surface area contributed by atoms with Crippen molar-refractivity contribution in [3.05, 3.63) is 64.6 Å². The number of thioether (sulfide) groups is 1. The lowest BCUT2D eigenvalue weighted by molar-refractivity contribution is -0.119. The number of pyridine rings is 1. The Morgan fingerprint density at radius 2 is 2.00 bits per heavy atom. The zero-order valence-electron chi connectivity index (χ0n) is 18.5. The molecule has 0 unspecified atom stereocenters. The summed E-state index contributed by atoms with van der Waals surface area (Å²) in [6.07, 6.45) is 6.18. The number of thiophene rings is 1. The number of hydrogen-bond donors (Lipinski definition) is 1. The third-order valence-electron chi connectivity index (χ3n) is 6.20. The Balaban J connectivity index is 1.49. The van der Waals surface area contributed by atoms with Gasteiger partial charge in [-0.2, -0.15) is 0 Å². The fraction of sp³-hybridized carbons (Fsp3) is 0.360. The molecule has 0 radical (unpaired) electrons. The third-order valence-corrected chi connectivity index (χ3v) is 8.26. The average Bonchev–Trinajstić information content (AvgIpc) is 3.48. The van der Waals surface area contributed by atoms with E-state index in [4.69, 9.17) is 4.98 Å². The molecule has 1 amide bonds. The summed E-state index contributed by atoms with van der Waals surface area (Å²) in [5, 5.41) is 4.60. The largest absolute Gasteiger partial charge is 0.353 e. The third kappa shape index (κ3) is 4.68. The molecule has 0 aliphatic heterocycles. The van der Waals surface area contributed by atoms with Gasteiger partial charge in [0.05, 0.1) is 11.3 Å². The standard InChI is InChI=1S/C25H26N4O2S2/c1-16(17-8-3-2-4-9-17)14-29-24(31)22-21(19-12-7-13-26-23(19)33-22)28-25(29)32-15-20(30)27-18-10-5-6-11-18/h2-4,7-9,12-13,16,18H,5-6,10-11,14-15H2,1H3,(H,27,30)/t16-/m1/s1. The van der Waals surface area contributed by atoms with Gasteiger partial charge in [-0.1, -0.05) is 61.9 Å². The number of nitrogens with zero attached hydrogens (tertiary/aromatic N) is 3. The molecule has 8 heteroatoms. The topological polar surface area (TPSA) is 76.9 Å². The molecule has 170 valence electrons. The molecule has 0 spiro atoms. The van der Waals surface area contributed by atoms with Crippen molar-refractivity contribution in [1.82, 2.24) is 19.9 Å². The smallest absolute Gasteiger partial charge is 0.272 e. The van der Waals surface area contributed by atoms with Gasteiger partial charge >= 0.3 is 0 Å². The molecule has 0 bridgehead atoms. The number of nitrogens with one attached hydrogen (secondary N) is 1. The highest BCUT2D eigenvalue weighted by Gasteiger charge is 2.21. The fourth-order valence-electron chi connectivity index (χ4n) is 4.44. The number of rotatable bonds is 7. The van der Waals surface area contributed by atoms with Crippen molar-refractivity contribution >= 4 is 49.4 Å². The molecule has 3 aromatic heterocycles. The normalized spacial score (nSPS) is 15.3. The summed E-state index contributed by atoms with van der Waals surface area (Å²) in [6.45, 7) is 2.61. The second kappa shape index (κ2) is 9.65. The molecule has 1 fully saturated rings. The van der Waals surface area contributed by atoms with Crippen molar-refractivity contribution in [1.29, 1.82) is 0 Å². The van der Waals surface area contributed by atoms with Gasteiger partial charge in [0.2, 0.25) is 5.91 Å². The van der Waals surface area contributed by atoms with Gasteiger partial charge in [-0.15, -0.1) is 11.3 Å². The van der Waals surface area contributed by atoms with Gasteiger partial charge in [-0.3, -0.25) is 14.2 Å². The van der Waals surface area contributed by atoms with E-state index in [-0.39, 0.29) is 29.2 Å². The first-order chi connectivity index (χ1) is 16.1. The van der Waals surface area contributed by atoms with Crippen LogP contribution in [0.1, 0.15) is 44.1 Å².